The zero-order chi connectivity index (χ0) is 20.2. The largest absolute Gasteiger partial charge is 0.355 e. The summed E-state index contributed by atoms with van der Waals surface area (Å²) >= 11 is 1.25. The first-order chi connectivity index (χ1) is 14.1. The molecular formula is C18H20N8O2S. The number of anilines is 4. The third-order valence-electron chi connectivity index (χ3n) is 4.52. The molecule has 29 heavy (non-hydrogen) atoms. The van der Waals surface area contributed by atoms with Gasteiger partial charge in [0.1, 0.15) is 11.5 Å². The Bertz CT molecular complexity index is 1060. The quantitative estimate of drug-likeness (QED) is 0.494. The average molecular weight is 412 g/mol. The van der Waals surface area contributed by atoms with Crippen molar-refractivity contribution in [3.8, 4) is 0 Å². The number of H-pyrrole nitrogens is 1. The summed E-state index contributed by atoms with van der Waals surface area (Å²) in [4.78, 5) is 41.0. The normalized spacial score (nSPS) is 14.6. The molecule has 0 saturated carbocycles. The maximum absolute atomic E-state index is 12.7. The number of rotatable bonds is 5. The monoisotopic (exact) mass is 412 g/mol. The third-order valence-corrected chi connectivity index (χ3v) is 5.27. The van der Waals surface area contributed by atoms with Crippen molar-refractivity contribution in [2.45, 2.75) is 18.9 Å². The molecule has 0 spiro atoms. The molecule has 1 aliphatic heterocycles. The van der Waals surface area contributed by atoms with Gasteiger partial charge in [-0.15, -0.1) is 11.3 Å². The Labute approximate surface area is 170 Å². The molecule has 10 nitrogen and oxygen atoms in total. The summed E-state index contributed by atoms with van der Waals surface area (Å²) in [5.74, 6) is 0.748. The number of pyridine rings is 1. The van der Waals surface area contributed by atoms with Gasteiger partial charge in [-0.25, -0.2) is 14.8 Å². The highest BCUT2D eigenvalue weighted by Gasteiger charge is 2.21. The molecule has 5 N–H and O–H groups in total. The first-order valence-electron chi connectivity index (χ1n) is 9.13. The van der Waals surface area contributed by atoms with E-state index in [1.807, 2.05) is 6.07 Å². The van der Waals surface area contributed by atoms with Crippen LogP contribution in [0, 0.1) is 0 Å². The molecular weight excluding hydrogens is 392 g/mol. The molecule has 4 heterocycles. The lowest BCUT2D eigenvalue weighted by Gasteiger charge is -2.32. The van der Waals surface area contributed by atoms with Crippen molar-refractivity contribution >= 4 is 39.7 Å². The van der Waals surface area contributed by atoms with Crippen LogP contribution in [0.25, 0.3) is 0 Å². The number of hydrogen-bond acceptors (Lipinski definition) is 9. The van der Waals surface area contributed by atoms with Crippen LogP contribution in [0.4, 0.5) is 22.5 Å². The van der Waals surface area contributed by atoms with Crippen molar-refractivity contribution in [3.05, 3.63) is 52.2 Å². The van der Waals surface area contributed by atoms with Gasteiger partial charge in [0.25, 0.3) is 5.91 Å². The molecule has 1 fully saturated rings. The van der Waals surface area contributed by atoms with E-state index in [2.05, 4.69) is 35.5 Å². The third kappa shape index (κ3) is 4.58. The smallest absolute Gasteiger partial charge is 0.346 e. The van der Waals surface area contributed by atoms with Crippen molar-refractivity contribution in [1.29, 1.82) is 0 Å². The van der Waals surface area contributed by atoms with E-state index >= 15 is 0 Å². The zero-order valence-corrected chi connectivity index (χ0v) is 16.3. The van der Waals surface area contributed by atoms with Gasteiger partial charge in [0.05, 0.1) is 5.69 Å². The molecule has 3 aromatic heterocycles. The predicted octanol–water partition coefficient (Wildman–Crippen LogP) is 1.54. The molecule has 0 aliphatic carbocycles. The van der Waals surface area contributed by atoms with E-state index in [0.717, 1.165) is 31.7 Å². The molecule has 150 valence electrons. The Balaban J connectivity index is 1.46. The minimum absolute atomic E-state index is 0.212. The second-order valence-corrected chi connectivity index (χ2v) is 7.45. The van der Waals surface area contributed by atoms with Crippen LogP contribution in [-0.4, -0.2) is 45.0 Å². The first-order valence-corrected chi connectivity index (χ1v) is 10.0. The van der Waals surface area contributed by atoms with Gasteiger partial charge >= 0.3 is 5.69 Å². The predicted molar refractivity (Wildman–Crippen MR) is 112 cm³/mol. The molecule has 0 unspecified atom stereocenters. The van der Waals surface area contributed by atoms with Gasteiger partial charge in [-0.3, -0.25) is 4.79 Å². The average Bonchev–Trinajstić information content (AvgIpc) is 3.18. The molecule has 1 amide bonds. The van der Waals surface area contributed by atoms with Crippen molar-refractivity contribution in [3.63, 3.8) is 0 Å². The van der Waals surface area contributed by atoms with Gasteiger partial charge in [0.2, 0.25) is 0 Å². The summed E-state index contributed by atoms with van der Waals surface area (Å²) in [7, 11) is 0. The van der Waals surface area contributed by atoms with Crippen molar-refractivity contribution < 1.29 is 4.79 Å². The number of aromatic nitrogens is 4. The van der Waals surface area contributed by atoms with Crippen LogP contribution in [0.15, 0.2) is 40.8 Å². The summed E-state index contributed by atoms with van der Waals surface area (Å²) in [6.45, 7) is 1.60. The number of carbonyl (C=O) groups is 1. The SMILES string of the molecule is NC1CCN(c2ncccc2NC(=O)c2csc(Nc3cc[nH]c(=O)n3)n2)CC1. The Hall–Kier alpha value is -3.31. The lowest BCUT2D eigenvalue weighted by Crippen LogP contribution is -2.40. The summed E-state index contributed by atoms with van der Waals surface area (Å²) in [6, 6.07) is 5.42. The number of thiazole rings is 1. The number of piperidine rings is 1. The Morgan fingerprint density at radius 1 is 1.28 bits per heavy atom. The van der Waals surface area contributed by atoms with Gasteiger partial charge in [0.15, 0.2) is 10.9 Å². The highest BCUT2D eigenvalue weighted by Crippen LogP contribution is 2.26. The standard InChI is InChI=1S/C18H20N8O2S/c19-11-4-8-26(9-5-11)15-12(2-1-6-20-15)22-16(27)13-10-29-18(23-13)25-14-3-7-21-17(28)24-14/h1-3,6-7,10-11H,4-5,8-9,19H2,(H,22,27)(H2,21,23,24,25,28). The van der Waals surface area contributed by atoms with Crippen LogP contribution in [0.1, 0.15) is 23.3 Å². The molecule has 3 aromatic rings. The lowest BCUT2D eigenvalue weighted by molar-refractivity contribution is 0.102. The van der Waals surface area contributed by atoms with Crippen LogP contribution in [0.5, 0.6) is 0 Å². The number of nitrogens with one attached hydrogen (secondary N) is 3. The number of carbonyl (C=O) groups excluding carboxylic acids is 1. The summed E-state index contributed by atoms with van der Waals surface area (Å²) < 4.78 is 0. The van der Waals surface area contributed by atoms with E-state index in [1.165, 1.54) is 17.5 Å². The van der Waals surface area contributed by atoms with Crippen molar-refractivity contribution in [2.24, 2.45) is 5.73 Å². The van der Waals surface area contributed by atoms with Gasteiger partial charge < -0.3 is 26.3 Å². The van der Waals surface area contributed by atoms with E-state index in [4.69, 9.17) is 5.73 Å². The summed E-state index contributed by atoms with van der Waals surface area (Å²) in [5, 5.41) is 7.91. The van der Waals surface area contributed by atoms with Gasteiger partial charge in [0, 0.05) is 36.9 Å². The molecule has 4 rings (SSSR count). The highest BCUT2D eigenvalue weighted by molar-refractivity contribution is 7.14. The van der Waals surface area contributed by atoms with E-state index in [-0.39, 0.29) is 17.6 Å². The molecule has 0 aromatic carbocycles. The number of aromatic amines is 1. The Morgan fingerprint density at radius 3 is 2.90 bits per heavy atom. The summed E-state index contributed by atoms with van der Waals surface area (Å²) in [6.07, 6.45) is 4.97. The lowest BCUT2D eigenvalue weighted by atomic mass is 10.1. The van der Waals surface area contributed by atoms with Crippen LogP contribution in [0.2, 0.25) is 0 Å². The van der Waals surface area contributed by atoms with Crippen LogP contribution in [0.3, 0.4) is 0 Å². The van der Waals surface area contributed by atoms with Crippen LogP contribution in [-0.2, 0) is 0 Å². The number of amides is 1. The van der Waals surface area contributed by atoms with Crippen LogP contribution < -0.4 is 27.0 Å². The molecule has 1 saturated heterocycles. The van der Waals surface area contributed by atoms with E-state index in [1.54, 1.807) is 23.7 Å². The van der Waals surface area contributed by atoms with E-state index in [0.29, 0.717) is 16.6 Å². The van der Waals surface area contributed by atoms with E-state index in [9.17, 15) is 9.59 Å². The molecule has 0 bridgehead atoms. The second-order valence-electron chi connectivity index (χ2n) is 6.60. The number of hydrogen-bond donors (Lipinski definition) is 4. The number of nitrogens with zero attached hydrogens (tertiary/aromatic N) is 4. The minimum Gasteiger partial charge on any atom is -0.355 e. The fraction of sp³-hybridized carbons (Fsp3) is 0.278. The van der Waals surface area contributed by atoms with Gasteiger partial charge in [-0.1, -0.05) is 0 Å². The fourth-order valence-corrected chi connectivity index (χ4v) is 3.73. The highest BCUT2D eigenvalue weighted by atomic mass is 32.1. The fourth-order valence-electron chi connectivity index (χ4n) is 3.03. The van der Waals surface area contributed by atoms with Gasteiger partial charge in [-0.05, 0) is 31.0 Å². The first kappa shape index (κ1) is 19.0. The van der Waals surface area contributed by atoms with E-state index < -0.39 is 5.69 Å². The van der Waals surface area contributed by atoms with Crippen LogP contribution >= 0.6 is 11.3 Å². The summed E-state index contributed by atoms with van der Waals surface area (Å²) in [5.41, 5.74) is 6.41. The number of nitrogens with two attached hydrogens (primary N) is 1. The maximum Gasteiger partial charge on any atom is 0.346 e. The molecule has 1 aliphatic rings. The zero-order valence-electron chi connectivity index (χ0n) is 15.5. The van der Waals surface area contributed by atoms with Crippen molar-refractivity contribution in [1.82, 2.24) is 19.9 Å². The Morgan fingerprint density at radius 2 is 2.10 bits per heavy atom. The molecule has 0 radical (unpaired) electrons. The minimum atomic E-state index is -0.465. The molecule has 0 atom stereocenters. The second kappa shape index (κ2) is 8.37. The maximum atomic E-state index is 12.7. The molecule has 11 heteroatoms. The topological polar surface area (TPSA) is 142 Å². The van der Waals surface area contributed by atoms with Gasteiger partial charge in [-0.2, -0.15) is 4.98 Å². The van der Waals surface area contributed by atoms with Crippen molar-refractivity contribution in [2.75, 3.05) is 28.6 Å². The Kier molecular flexibility index (Phi) is 5.49.